The van der Waals surface area contributed by atoms with Crippen LogP contribution >= 0.6 is 0 Å². The number of sulfonamides is 1. The Morgan fingerprint density at radius 1 is 0.955 bits per heavy atom. The molecule has 1 aliphatic rings. The molecule has 1 aliphatic heterocycles. The molecule has 0 bridgehead atoms. The highest BCUT2D eigenvalue weighted by Crippen LogP contribution is 2.34. The van der Waals surface area contributed by atoms with Gasteiger partial charge < -0.3 is 0 Å². The van der Waals surface area contributed by atoms with Crippen molar-refractivity contribution in [2.45, 2.75) is 18.9 Å². The average Bonchev–Trinajstić information content (AvgIpc) is 3.06. The second-order valence-electron chi connectivity index (χ2n) is 5.44. The zero-order chi connectivity index (χ0) is 15.4. The second-order valence-corrected chi connectivity index (χ2v) is 7.21. The third-order valence-electron chi connectivity index (χ3n) is 3.95. The molecular formula is C18H19NO2S. The molecule has 0 N–H and O–H groups in total. The first-order valence-electron chi connectivity index (χ1n) is 7.47. The van der Waals surface area contributed by atoms with Gasteiger partial charge >= 0.3 is 0 Å². The van der Waals surface area contributed by atoms with Crippen molar-refractivity contribution in [3.05, 3.63) is 77.2 Å². The van der Waals surface area contributed by atoms with E-state index in [1.54, 1.807) is 10.4 Å². The third kappa shape index (κ3) is 3.29. The fourth-order valence-corrected chi connectivity index (χ4v) is 4.31. The Labute approximate surface area is 132 Å². The van der Waals surface area contributed by atoms with Crippen molar-refractivity contribution in [2.24, 2.45) is 0 Å². The maximum Gasteiger partial charge on any atom is 0.236 e. The van der Waals surface area contributed by atoms with Gasteiger partial charge in [0.2, 0.25) is 10.0 Å². The SMILES string of the molecule is O=S(=O)(/C=C/c1ccccc1)N1CCC[C@H]1c1ccccc1. The summed E-state index contributed by atoms with van der Waals surface area (Å²) in [6.07, 6.45) is 3.44. The van der Waals surface area contributed by atoms with Gasteiger partial charge in [0.15, 0.2) is 0 Å². The fourth-order valence-electron chi connectivity index (χ4n) is 2.86. The minimum atomic E-state index is -3.40. The second kappa shape index (κ2) is 6.46. The van der Waals surface area contributed by atoms with E-state index < -0.39 is 10.0 Å². The number of benzene rings is 2. The van der Waals surface area contributed by atoms with Crippen LogP contribution in [0.15, 0.2) is 66.1 Å². The Bertz CT molecular complexity index is 739. The van der Waals surface area contributed by atoms with Crippen molar-refractivity contribution < 1.29 is 8.42 Å². The molecule has 0 unspecified atom stereocenters. The summed E-state index contributed by atoms with van der Waals surface area (Å²) in [6, 6.07) is 19.3. The van der Waals surface area contributed by atoms with Gasteiger partial charge in [0, 0.05) is 12.0 Å². The fraction of sp³-hybridized carbons (Fsp3) is 0.222. The van der Waals surface area contributed by atoms with Gasteiger partial charge in [-0.2, -0.15) is 4.31 Å². The Morgan fingerprint density at radius 2 is 1.59 bits per heavy atom. The molecule has 3 rings (SSSR count). The van der Waals surface area contributed by atoms with E-state index in [0.717, 1.165) is 24.0 Å². The minimum Gasteiger partial charge on any atom is -0.207 e. The van der Waals surface area contributed by atoms with Crippen LogP contribution in [0.2, 0.25) is 0 Å². The van der Waals surface area contributed by atoms with Gasteiger partial charge in [-0.25, -0.2) is 8.42 Å². The summed E-state index contributed by atoms with van der Waals surface area (Å²) in [5.74, 6) is 0. The van der Waals surface area contributed by atoms with Crippen LogP contribution < -0.4 is 0 Å². The maximum absolute atomic E-state index is 12.6. The van der Waals surface area contributed by atoms with E-state index in [1.807, 2.05) is 60.7 Å². The first-order valence-corrected chi connectivity index (χ1v) is 8.97. The number of hydrogen-bond acceptors (Lipinski definition) is 2. The quantitative estimate of drug-likeness (QED) is 0.860. The molecule has 1 heterocycles. The van der Waals surface area contributed by atoms with Gasteiger partial charge in [0.25, 0.3) is 0 Å². The summed E-state index contributed by atoms with van der Waals surface area (Å²) < 4.78 is 26.9. The predicted octanol–water partition coefficient (Wildman–Crippen LogP) is 3.82. The van der Waals surface area contributed by atoms with Crippen LogP contribution in [0.1, 0.15) is 30.0 Å². The highest BCUT2D eigenvalue weighted by atomic mass is 32.2. The van der Waals surface area contributed by atoms with Crippen molar-refractivity contribution in [1.29, 1.82) is 0 Å². The van der Waals surface area contributed by atoms with Crippen molar-refractivity contribution in [1.82, 2.24) is 4.31 Å². The smallest absolute Gasteiger partial charge is 0.207 e. The minimum absolute atomic E-state index is 0.0494. The Kier molecular flexibility index (Phi) is 4.41. The molecule has 1 atom stereocenters. The van der Waals surface area contributed by atoms with E-state index in [9.17, 15) is 8.42 Å². The van der Waals surface area contributed by atoms with Crippen LogP contribution in [0.5, 0.6) is 0 Å². The lowest BCUT2D eigenvalue weighted by Gasteiger charge is -2.22. The molecule has 0 aliphatic carbocycles. The number of hydrogen-bond donors (Lipinski definition) is 0. The number of nitrogens with zero attached hydrogens (tertiary/aromatic N) is 1. The molecule has 1 fully saturated rings. The molecular weight excluding hydrogens is 294 g/mol. The summed E-state index contributed by atoms with van der Waals surface area (Å²) in [7, 11) is -3.40. The Balaban J connectivity index is 1.84. The van der Waals surface area contributed by atoms with Crippen LogP contribution in [-0.2, 0) is 10.0 Å². The highest BCUT2D eigenvalue weighted by molar-refractivity contribution is 7.92. The van der Waals surface area contributed by atoms with Crippen molar-refractivity contribution in [3.8, 4) is 0 Å². The lowest BCUT2D eigenvalue weighted by atomic mass is 10.1. The van der Waals surface area contributed by atoms with Crippen molar-refractivity contribution in [2.75, 3.05) is 6.54 Å². The molecule has 22 heavy (non-hydrogen) atoms. The summed E-state index contributed by atoms with van der Waals surface area (Å²) >= 11 is 0. The summed E-state index contributed by atoms with van der Waals surface area (Å²) in [5, 5.41) is 1.32. The average molecular weight is 313 g/mol. The van der Waals surface area contributed by atoms with E-state index in [4.69, 9.17) is 0 Å². The van der Waals surface area contributed by atoms with Gasteiger partial charge in [0.1, 0.15) is 0 Å². The maximum atomic E-state index is 12.6. The van der Waals surface area contributed by atoms with Crippen molar-refractivity contribution >= 4 is 16.1 Å². The lowest BCUT2D eigenvalue weighted by Crippen LogP contribution is -2.28. The van der Waals surface area contributed by atoms with Gasteiger partial charge in [-0.05, 0) is 30.0 Å². The van der Waals surface area contributed by atoms with E-state index in [1.165, 1.54) is 5.41 Å². The first-order chi connectivity index (χ1) is 10.7. The monoisotopic (exact) mass is 313 g/mol. The lowest BCUT2D eigenvalue weighted by molar-refractivity contribution is 0.403. The van der Waals surface area contributed by atoms with Gasteiger partial charge in [-0.1, -0.05) is 60.7 Å². The van der Waals surface area contributed by atoms with Crippen molar-refractivity contribution in [3.63, 3.8) is 0 Å². The molecule has 1 saturated heterocycles. The van der Waals surface area contributed by atoms with Crippen LogP contribution in [0.25, 0.3) is 6.08 Å². The molecule has 0 spiro atoms. The summed E-state index contributed by atoms with van der Waals surface area (Å²) in [4.78, 5) is 0. The van der Waals surface area contributed by atoms with Crippen LogP contribution in [0, 0.1) is 0 Å². The Hall–Kier alpha value is -1.91. The molecule has 2 aromatic carbocycles. The van der Waals surface area contributed by atoms with E-state index >= 15 is 0 Å². The molecule has 4 heteroatoms. The molecule has 0 saturated carbocycles. The Morgan fingerprint density at radius 3 is 2.27 bits per heavy atom. The predicted molar refractivity (Wildman–Crippen MR) is 89.5 cm³/mol. The molecule has 3 nitrogen and oxygen atoms in total. The van der Waals surface area contributed by atoms with Gasteiger partial charge in [0.05, 0.1) is 6.04 Å². The molecule has 0 amide bonds. The molecule has 2 aromatic rings. The standard InChI is InChI=1S/C18H19NO2S/c20-22(21,15-13-16-8-3-1-4-9-16)19-14-7-12-18(19)17-10-5-2-6-11-17/h1-6,8-11,13,15,18H,7,12,14H2/b15-13+/t18-/m0/s1. The van der Waals surface area contributed by atoms with Crippen LogP contribution in [-0.4, -0.2) is 19.3 Å². The summed E-state index contributed by atoms with van der Waals surface area (Å²) in [6.45, 7) is 0.584. The normalized spacial score (nSPS) is 19.7. The number of rotatable bonds is 4. The molecule has 114 valence electrons. The first kappa shape index (κ1) is 15.0. The topological polar surface area (TPSA) is 37.4 Å². The van der Waals surface area contributed by atoms with E-state index in [2.05, 4.69) is 0 Å². The van der Waals surface area contributed by atoms with E-state index in [-0.39, 0.29) is 6.04 Å². The van der Waals surface area contributed by atoms with Gasteiger partial charge in [-0.3, -0.25) is 0 Å². The summed E-state index contributed by atoms with van der Waals surface area (Å²) in [5.41, 5.74) is 1.96. The largest absolute Gasteiger partial charge is 0.236 e. The molecule has 0 aromatic heterocycles. The molecule has 0 radical (unpaired) electrons. The van der Waals surface area contributed by atoms with Crippen LogP contribution in [0.3, 0.4) is 0 Å². The van der Waals surface area contributed by atoms with E-state index in [0.29, 0.717) is 6.54 Å². The zero-order valence-electron chi connectivity index (χ0n) is 12.3. The van der Waals surface area contributed by atoms with Crippen LogP contribution in [0.4, 0.5) is 0 Å². The highest BCUT2D eigenvalue weighted by Gasteiger charge is 2.33. The zero-order valence-corrected chi connectivity index (χ0v) is 13.1. The van der Waals surface area contributed by atoms with Gasteiger partial charge in [-0.15, -0.1) is 0 Å². The third-order valence-corrected chi connectivity index (χ3v) is 5.52.